The monoisotopic (exact) mass is 341 g/mol. The summed E-state index contributed by atoms with van der Waals surface area (Å²) in [5.41, 5.74) is 3.50. The second-order valence-corrected chi connectivity index (χ2v) is 6.10. The summed E-state index contributed by atoms with van der Waals surface area (Å²) in [6, 6.07) is 22.4. The first-order chi connectivity index (χ1) is 12.8. The molecule has 3 heteroatoms. The maximum absolute atomic E-state index is 12.2. The Hall–Kier alpha value is -3.33. The quantitative estimate of drug-likeness (QED) is 0.463. The Morgan fingerprint density at radius 2 is 1.77 bits per heavy atom. The molecule has 4 rings (SSSR count). The number of hydrogen-bond donors (Lipinski definition) is 0. The zero-order chi connectivity index (χ0) is 17.9. The topological polar surface area (TPSA) is 30.7 Å². The van der Waals surface area contributed by atoms with E-state index in [4.69, 9.17) is 4.74 Å². The van der Waals surface area contributed by atoms with E-state index in [1.807, 2.05) is 60.0 Å². The molecular weight excluding hydrogens is 322 g/mol. The minimum Gasteiger partial charge on any atom is -0.462 e. The van der Waals surface area contributed by atoms with Gasteiger partial charge < -0.3 is 9.14 Å². The van der Waals surface area contributed by atoms with Crippen LogP contribution in [0, 0.1) is 0 Å². The van der Waals surface area contributed by atoms with Gasteiger partial charge in [0, 0.05) is 11.9 Å². The maximum atomic E-state index is 12.2. The molecule has 26 heavy (non-hydrogen) atoms. The van der Waals surface area contributed by atoms with Gasteiger partial charge in [0.05, 0.1) is 17.7 Å². The molecule has 128 valence electrons. The lowest BCUT2D eigenvalue weighted by atomic mass is 10.1. The normalized spacial score (nSPS) is 11.4. The van der Waals surface area contributed by atoms with Crippen LogP contribution < -0.4 is 0 Å². The van der Waals surface area contributed by atoms with Crippen molar-refractivity contribution in [1.29, 1.82) is 0 Å². The van der Waals surface area contributed by atoms with Crippen molar-refractivity contribution in [2.45, 2.75) is 6.92 Å². The van der Waals surface area contributed by atoms with Gasteiger partial charge in [-0.25, -0.2) is 4.79 Å². The van der Waals surface area contributed by atoms with Crippen molar-refractivity contribution in [3.63, 3.8) is 0 Å². The Bertz CT molecular complexity index is 1120. The smallest absolute Gasteiger partial charge is 0.340 e. The van der Waals surface area contributed by atoms with E-state index >= 15 is 0 Å². The number of esters is 1. The molecule has 4 aromatic rings. The summed E-state index contributed by atoms with van der Waals surface area (Å²) in [6.45, 7) is 2.18. The van der Waals surface area contributed by atoms with Crippen LogP contribution in [-0.2, 0) is 4.74 Å². The van der Waals surface area contributed by atoms with E-state index in [0.29, 0.717) is 12.2 Å². The predicted octanol–water partition coefficient (Wildman–Crippen LogP) is 5.44. The fraction of sp³-hybridized carbons (Fsp3) is 0.0870. The Morgan fingerprint density at radius 3 is 2.62 bits per heavy atom. The molecule has 0 fully saturated rings. The molecule has 0 atom stereocenters. The number of hydrogen-bond acceptors (Lipinski definition) is 2. The van der Waals surface area contributed by atoms with Crippen molar-refractivity contribution >= 4 is 34.4 Å². The van der Waals surface area contributed by atoms with E-state index in [-0.39, 0.29) is 5.97 Å². The summed E-state index contributed by atoms with van der Waals surface area (Å²) in [4.78, 5) is 12.2. The van der Waals surface area contributed by atoms with E-state index < -0.39 is 0 Å². The van der Waals surface area contributed by atoms with E-state index in [9.17, 15) is 4.79 Å². The number of carbonyl (C=O) groups excluding carboxylic acids is 1. The number of aromatic nitrogens is 1. The van der Waals surface area contributed by atoms with Crippen molar-refractivity contribution < 1.29 is 9.53 Å². The van der Waals surface area contributed by atoms with Gasteiger partial charge in [-0.2, -0.15) is 0 Å². The van der Waals surface area contributed by atoms with Crippen LogP contribution in [0.3, 0.4) is 0 Å². The summed E-state index contributed by atoms with van der Waals surface area (Å²) in [7, 11) is 0. The summed E-state index contributed by atoms with van der Waals surface area (Å²) in [5.74, 6) is -0.290. The third-order valence-electron chi connectivity index (χ3n) is 4.42. The molecule has 2 aromatic heterocycles. The molecule has 2 aromatic carbocycles. The van der Waals surface area contributed by atoms with Crippen LogP contribution in [-0.4, -0.2) is 17.0 Å². The fourth-order valence-corrected chi connectivity index (χ4v) is 3.17. The number of carbonyl (C=O) groups is 1. The first-order valence-electron chi connectivity index (χ1n) is 8.70. The first kappa shape index (κ1) is 16.2. The number of fused-ring (bicyclic) bond motifs is 2. The molecule has 0 saturated carbocycles. The summed E-state index contributed by atoms with van der Waals surface area (Å²) < 4.78 is 7.19. The minimum absolute atomic E-state index is 0.290. The van der Waals surface area contributed by atoms with Crippen LogP contribution >= 0.6 is 0 Å². The molecule has 0 N–H and O–H groups in total. The molecule has 0 aliphatic heterocycles. The van der Waals surface area contributed by atoms with Crippen LogP contribution in [0.15, 0.2) is 72.9 Å². The maximum Gasteiger partial charge on any atom is 0.340 e. The lowest BCUT2D eigenvalue weighted by Gasteiger charge is -2.01. The van der Waals surface area contributed by atoms with Gasteiger partial charge in [0.25, 0.3) is 0 Å². The van der Waals surface area contributed by atoms with Gasteiger partial charge in [0.2, 0.25) is 0 Å². The summed E-state index contributed by atoms with van der Waals surface area (Å²) in [5, 5.41) is 2.43. The molecule has 0 aliphatic carbocycles. The lowest BCUT2D eigenvalue weighted by Crippen LogP contribution is -2.03. The van der Waals surface area contributed by atoms with E-state index in [1.54, 1.807) is 0 Å². The largest absolute Gasteiger partial charge is 0.462 e. The molecule has 0 bridgehead atoms. The van der Waals surface area contributed by atoms with Crippen LogP contribution in [0.2, 0.25) is 0 Å². The van der Waals surface area contributed by atoms with Crippen molar-refractivity contribution in [3.8, 4) is 0 Å². The van der Waals surface area contributed by atoms with E-state index in [2.05, 4.69) is 36.4 Å². The van der Waals surface area contributed by atoms with Gasteiger partial charge in [-0.1, -0.05) is 48.5 Å². The van der Waals surface area contributed by atoms with Crippen LogP contribution in [0.1, 0.15) is 28.5 Å². The molecule has 0 spiro atoms. The molecular formula is C23H19NO2. The van der Waals surface area contributed by atoms with Crippen molar-refractivity contribution in [3.05, 3.63) is 89.7 Å². The Balaban J connectivity index is 1.74. The van der Waals surface area contributed by atoms with Crippen molar-refractivity contribution in [2.24, 2.45) is 0 Å². The van der Waals surface area contributed by atoms with Gasteiger partial charge >= 0.3 is 5.97 Å². The number of ether oxygens (including phenoxy) is 1. The van der Waals surface area contributed by atoms with Crippen molar-refractivity contribution in [1.82, 2.24) is 4.40 Å². The zero-order valence-electron chi connectivity index (χ0n) is 14.6. The second kappa shape index (κ2) is 6.89. The molecule has 3 nitrogen and oxygen atoms in total. The fourth-order valence-electron chi connectivity index (χ4n) is 3.17. The molecule has 0 unspecified atom stereocenters. The predicted molar refractivity (Wildman–Crippen MR) is 106 cm³/mol. The van der Waals surface area contributed by atoms with E-state index in [1.165, 1.54) is 10.8 Å². The molecule has 0 aliphatic rings. The van der Waals surface area contributed by atoms with Crippen LogP contribution in [0.5, 0.6) is 0 Å². The number of nitrogens with zero attached hydrogens (tertiary/aromatic N) is 1. The molecule has 0 amide bonds. The Morgan fingerprint density at radius 1 is 0.962 bits per heavy atom. The van der Waals surface area contributed by atoms with Gasteiger partial charge in [-0.05, 0) is 53.6 Å². The van der Waals surface area contributed by atoms with E-state index in [0.717, 1.165) is 16.8 Å². The Labute approximate surface area is 152 Å². The van der Waals surface area contributed by atoms with Gasteiger partial charge in [-0.3, -0.25) is 0 Å². The third-order valence-corrected chi connectivity index (χ3v) is 4.42. The standard InChI is InChI=1S/C23H19NO2/c1-2-26-23(25)21-16-20(24-14-6-5-9-22(21)24)13-11-17-10-12-18-7-3-4-8-19(18)15-17/h3-16H,2H2,1H3/b13-11+. The average Bonchev–Trinajstić information content (AvgIpc) is 3.05. The highest BCUT2D eigenvalue weighted by molar-refractivity contribution is 5.98. The van der Waals surface area contributed by atoms with Crippen LogP contribution in [0.4, 0.5) is 0 Å². The summed E-state index contributed by atoms with van der Waals surface area (Å²) in [6.07, 6.45) is 6.05. The minimum atomic E-state index is -0.290. The lowest BCUT2D eigenvalue weighted by molar-refractivity contribution is 0.0529. The zero-order valence-corrected chi connectivity index (χ0v) is 14.6. The highest BCUT2D eigenvalue weighted by Gasteiger charge is 2.14. The average molecular weight is 341 g/mol. The molecule has 2 heterocycles. The second-order valence-electron chi connectivity index (χ2n) is 6.10. The van der Waals surface area contributed by atoms with Crippen molar-refractivity contribution in [2.75, 3.05) is 6.61 Å². The van der Waals surface area contributed by atoms with Gasteiger partial charge in [-0.15, -0.1) is 0 Å². The number of rotatable bonds is 4. The highest BCUT2D eigenvalue weighted by atomic mass is 16.5. The Kier molecular flexibility index (Phi) is 4.28. The SMILES string of the molecule is CCOC(=O)c1cc(/C=C/c2ccc3ccccc3c2)n2ccccc12. The third kappa shape index (κ3) is 3.00. The van der Waals surface area contributed by atoms with Gasteiger partial charge in [0.15, 0.2) is 0 Å². The molecule has 0 radical (unpaired) electrons. The highest BCUT2D eigenvalue weighted by Crippen LogP contribution is 2.21. The molecule has 0 saturated heterocycles. The van der Waals surface area contributed by atoms with Crippen LogP contribution in [0.25, 0.3) is 28.4 Å². The van der Waals surface area contributed by atoms with Gasteiger partial charge in [0.1, 0.15) is 0 Å². The number of pyridine rings is 1. The number of benzene rings is 2. The summed E-state index contributed by atoms with van der Waals surface area (Å²) >= 11 is 0. The first-order valence-corrected chi connectivity index (χ1v) is 8.70.